The van der Waals surface area contributed by atoms with Crippen molar-refractivity contribution in [3.05, 3.63) is 36.0 Å². The third kappa shape index (κ3) is 2.97. The van der Waals surface area contributed by atoms with Gasteiger partial charge in [-0.1, -0.05) is 18.2 Å². The average Bonchev–Trinajstić information content (AvgIpc) is 2.38. The maximum Gasteiger partial charge on any atom is 0.0726 e. The Balaban J connectivity index is 2.10. The number of para-hydroxylation sites is 1. The van der Waals surface area contributed by atoms with Crippen LogP contribution in [0.1, 0.15) is 12.6 Å². The Bertz CT molecular complexity index is 527. The number of benzene rings is 1. The molecule has 4 heteroatoms. The predicted molar refractivity (Wildman–Crippen MR) is 74.3 cm³/mol. The van der Waals surface area contributed by atoms with Crippen molar-refractivity contribution in [3.8, 4) is 0 Å². The number of nitrogen functional groups attached to an aromatic ring is 1. The first-order valence-electron chi connectivity index (χ1n) is 6.08. The van der Waals surface area contributed by atoms with E-state index < -0.39 is 0 Å². The number of aromatic nitrogens is 1. The summed E-state index contributed by atoms with van der Waals surface area (Å²) in [5.41, 5.74) is 8.69. The fourth-order valence-electron chi connectivity index (χ4n) is 1.84. The van der Waals surface area contributed by atoms with Crippen LogP contribution in [-0.4, -0.2) is 24.7 Å². The SMILES string of the molecule is COC(C)CNCc1cc(N)c2ccccc2n1. The van der Waals surface area contributed by atoms with Crippen LogP contribution in [0.4, 0.5) is 5.69 Å². The molecule has 1 atom stereocenters. The molecular formula is C14H19N3O. The third-order valence-corrected chi connectivity index (χ3v) is 2.94. The molecule has 2 rings (SSSR count). The largest absolute Gasteiger partial charge is 0.398 e. The number of anilines is 1. The van der Waals surface area contributed by atoms with E-state index in [9.17, 15) is 0 Å². The highest BCUT2D eigenvalue weighted by Gasteiger charge is 2.03. The van der Waals surface area contributed by atoms with Gasteiger partial charge in [0.05, 0.1) is 17.3 Å². The molecule has 0 bridgehead atoms. The van der Waals surface area contributed by atoms with Crippen molar-refractivity contribution in [1.82, 2.24) is 10.3 Å². The van der Waals surface area contributed by atoms with Gasteiger partial charge in [0.2, 0.25) is 0 Å². The van der Waals surface area contributed by atoms with E-state index in [1.807, 2.05) is 37.3 Å². The second kappa shape index (κ2) is 5.80. The normalized spacial score (nSPS) is 12.8. The van der Waals surface area contributed by atoms with Crippen molar-refractivity contribution in [2.45, 2.75) is 19.6 Å². The molecule has 0 amide bonds. The number of hydrogen-bond acceptors (Lipinski definition) is 4. The summed E-state index contributed by atoms with van der Waals surface area (Å²) in [6, 6.07) is 9.83. The number of pyridine rings is 1. The lowest BCUT2D eigenvalue weighted by molar-refractivity contribution is 0.117. The van der Waals surface area contributed by atoms with Crippen molar-refractivity contribution < 1.29 is 4.74 Å². The second-order valence-electron chi connectivity index (χ2n) is 4.40. The van der Waals surface area contributed by atoms with Gasteiger partial charge in [-0.15, -0.1) is 0 Å². The van der Waals surface area contributed by atoms with Gasteiger partial charge in [0.1, 0.15) is 0 Å². The highest BCUT2D eigenvalue weighted by molar-refractivity contribution is 5.90. The molecule has 1 unspecified atom stereocenters. The standard InChI is InChI=1S/C14H19N3O/c1-10(18-2)8-16-9-11-7-13(15)12-5-3-4-6-14(12)17-11/h3-7,10,16H,8-9H2,1-2H3,(H2,15,17). The molecule has 3 N–H and O–H groups in total. The Labute approximate surface area is 107 Å². The van der Waals surface area contributed by atoms with E-state index in [1.54, 1.807) is 7.11 Å². The van der Waals surface area contributed by atoms with Crippen LogP contribution < -0.4 is 11.1 Å². The van der Waals surface area contributed by atoms with Crippen LogP contribution in [-0.2, 0) is 11.3 Å². The van der Waals surface area contributed by atoms with Crippen LogP contribution in [0.2, 0.25) is 0 Å². The van der Waals surface area contributed by atoms with E-state index in [4.69, 9.17) is 10.5 Å². The van der Waals surface area contributed by atoms with Gasteiger partial charge in [0, 0.05) is 31.3 Å². The van der Waals surface area contributed by atoms with Gasteiger partial charge in [-0.05, 0) is 19.1 Å². The molecule has 1 heterocycles. The van der Waals surface area contributed by atoms with Gasteiger partial charge in [-0.3, -0.25) is 4.98 Å². The maximum atomic E-state index is 6.02. The Morgan fingerprint density at radius 2 is 2.17 bits per heavy atom. The molecule has 18 heavy (non-hydrogen) atoms. The van der Waals surface area contributed by atoms with Crippen LogP contribution in [0.15, 0.2) is 30.3 Å². The van der Waals surface area contributed by atoms with Gasteiger partial charge in [-0.25, -0.2) is 0 Å². The topological polar surface area (TPSA) is 60.2 Å². The molecule has 0 saturated heterocycles. The van der Waals surface area contributed by atoms with Crippen molar-refractivity contribution in [3.63, 3.8) is 0 Å². The molecule has 0 saturated carbocycles. The van der Waals surface area contributed by atoms with Gasteiger partial charge < -0.3 is 15.8 Å². The number of nitrogens with zero attached hydrogens (tertiary/aromatic N) is 1. The quantitative estimate of drug-likeness (QED) is 0.845. The van der Waals surface area contributed by atoms with Gasteiger partial charge in [0.15, 0.2) is 0 Å². The summed E-state index contributed by atoms with van der Waals surface area (Å²) >= 11 is 0. The first-order chi connectivity index (χ1) is 8.70. The minimum Gasteiger partial charge on any atom is -0.398 e. The number of nitrogens with one attached hydrogen (secondary N) is 1. The fraction of sp³-hybridized carbons (Fsp3) is 0.357. The molecule has 0 radical (unpaired) electrons. The van der Waals surface area contributed by atoms with Crippen LogP contribution in [0, 0.1) is 0 Å². The molecule has 0 aliphatic heterocycles. The molecule has 4 nitrogen and oxygen atoms in total. The van der Waals surface area contributed by atoms with E-state index in [0.717, 1.165) is 28.8 Å². The number of rotatable bonds is 5. The minimum absolute atomic E-state index is 0.197. The zero-order valence-corrected chi connectivity index (χ0v) is 10.8. The van der Waals surface area contributed by atoms with Crippen LogP contribution in [0.5, 0.6) is 0 Å². The zero-order valence-electron chi connectivity index (χ0n) is 10.8. The lowest BCUT2D eigenvalue weighted by atomic mass is 10.1. The Morgan fingerprint density at radius 3 is 2.94 bits per heavy atom. The van der Waals surface area contributed by atoms with E-state index in [2.05, 4.69) is 10.3 Å². The first kappa shape index (κ1) is 12.8. The van der Waals surface area contributed by atoms with E-state index in [0.29, 0.717) is 6.54 Å². The predicted octanol–water partition coefficient (Wildman–Crippen LogP) is 1.94. The Kier molecular flexibility index (Phi) is 4.12. The summed E-state index contributed by atoms with van der Waals surface area (Å²) in [7, 11) is 1.71. The maximum absolute atomic E-state index is 6.02. The third-order valence-electron chi connectivity index (χ3n) is 2.94. The summed E-state index contributed by atoms with van der Waals surface area (Å²) in [5.74, 6) is 0. The van der Waals surface area contributed by atoms with E-state index in [1.165, 1.54) is 0 Å². The zero-order chi connectivity index (χ0) is 13.0. The molecule has 0 fully saturated rings. The van der Waals surface area contributed by atoms with Gasteiger partial charge >= 0.3 is 0 Å². The fourth-order valence-corrected chi connectivity index (χ4v) is 1.84. The second-order valence-corrected chi connectivity index (χ2v) is 4.40. The summed E-state index contributed by atoms with van der Waals surface area (Å²) in [6.07, 6.45) is 0.197. The smallest absolute Gasteiger partial charge is 0.0726 e. The highest BCUT2D eigenvalue weighted by atomic mass is 16.5. The lowest BCUT2D eigenvalue weighted by Gasteiger charge is -2.11. The molecule has 0 aliphatic carbocycles. The summed E-state index contributed by atoms with van der Waals surface area (Å²) < 4.78 is 5.17. The van der Waals surface area contributed by atoms with Crippen molar-refractivity contribution in [2.75, 3.05) is 19.4 Å². The molecule has 2 aromatic rings. The minimum atomic E-state index is 0.197. The van der Waals surface area contributed by atoms with Gasteiger partial charge in [-0.2, -0.15) is 0 Å². The number of methoxy groups -OCH3 is 1. The molecule has 0 aliphatic rings. The Morgan fingerprint density at radius 1 is 1.39 bits per heavy atom. The average molecular weight is 245 g/mol. The summed E-state index contributed by atoms with van der Waals surface area (Å²) in [5, 5.41) is 4.31. The number of hydrogen-bond donors (Lipinski definition) is 2. The molecule has 1 aromatic heterocycles. The van der Waals surface area contributed by atoms with Gasteiger partial charge in [0.25, 0.3) is 0 Å². The van der Waals surface area contributed by atoms with Crippen molar-refractivity contribution in [1.29, 1.82) is 0 Å². The summed E-state index contributed by atoms with van der Waals surface area (Å²) in [6.45, 7) is 3.52. The lowest BCUT2D eigenvalue weighted by Crippen LogP contribution is -2.25. The highest BCUT2D eigenvalue weighted by Crippen LogP contribution is 2.19. The summed E-state index contributed by atoms with van der Waals surface area (Å²) in [4.78, 5) is 4.58. The van der Waals surface area contributed by atoms with E-state index >= 15 is 0 Å². The molecule has 1 aromatic carbocycles. The van der Waals surface area contributed by atoms with Crippen LogP contribution in [0.25, 0.3) is 10.9 Å². The van der Waals surface area contributed by atoms with Crippen molar-refractivity contribution >= 4 is 16.6 Å². The number of fused-ring (bicyclic) bond motifs is 1. The molecule has 96 valence electrons. The number of ether oxygens (including phenoxy) is 1. The van der Waals surface area contributed by atoms with Crippen LogP contribution in [0.3, 0.4) is 0 Å². The van der Waals surface area contributed by atoms with Crippen molar-refractivity contribution in [2.24, 2.45) is 0 Å². The molecule has 0 spiro atoms. The monoisotopic (exact) mass is 245 g/mol. The first-order valence-corrected chi connectivity index (χ1v) is 6.08. The number of nitrogens with two attached hydrogens (primary N) is 1. The van der Waals surface area contributed by atoms with Crippen LogP contribution >= 0.6 is 0 Å². The van der Waals surface area contributed by atoms with E-state index in [-0.39, 0.29) is 6.10 Å². The molecular weight excluding hydrogens is 226 g/mol. The Hall–Kier alpha value is -1.65.